The fourth-order valence-corrected chi connectivity index (χ4v) is 7.30. The molecule has 4 bridgehead atoms. The van der Waals surface area contributed by atoms with Crippen LogP contribution in [0.4, 0.5) is 0 Å². The van der Waals surface area contributed by atoms with Crippen LogP contribution < -0.4 is 9.47 Å². The zero-order valence-corrected chi connectivity index (χ0v) is 23.1. The van der Waals surface area contributed by atoms with E-state index in [1.165, 1.54) is 0 Å². The highest BCUT2D eigenvalue weighted by molar-refractivity contribution is 6.18. The van der Waals surface area contributed by atoms with Crippen molar-refractivity contribution in [2.75, 3.05) is 26.2 Å². The van der Waals surface area contributed by atoms with E-state index in [1.807, 2.05) is 45.9 Å². The summed E-state index contributed by atoms with van der Waals surface area (Å²) in [6.45, 7) is 14.9. The molecule has 0 amide bonds. The first kappa shape index (κ1) is 25.4. The minimum Gasteiger partial charge on any atom is -0.506 e. The molecule has 1 aromatic rings. The van der Waals surface area contributed by atoms with Gasteiger partial charge in [0, 0.05) is 36.4 Å². The second kappa shape index (κ2) is 8.30. The van der Waals surface area contributed by atoms with Crippen molar-refractivity contribution in [2.45, 2.75) is 64.8 Å². The summed E-state index contributed by atoms with van der Waals surface area (Å²) in [5, 5.41) is 11.3. The van der Waals surface area contributed by atoms with Gasteiger partial charge in [-0.05, 0) is 58.9 Å². The van der Waals surface area contributed by atoms with Crippen molar-refractivity contribution in [1.29, 1.82) is 0 Å². The molecule has 7 rings (SSSR count). The number of ketones is 2. The first-order valence-corrected chi connectivity index (χ1v) is 13.8. The van der Waals surface area contributed by atoms with Crippen LogP contribution in [0.25, 0.3) is 6.08 Å². The number of carbonyl (C=O) groups excluding carboxylic acids is 2. The van der Waals surface area contributed by atoms with E-state index in [-0.39, 0.29) is 40.5 Å². The lowest BCUT2D eigenvalue weighted by Crippen LogP contribution is -2.74. The van der Waals surface area contributed by atoms with Gasteiger partial charge in [0.05, 0.1) is 12.2 Å². The molecule has 7 heteroatoms. The zero-order chi connectivity index (χ0) is 27.2. The van der Waals surface area contributed by atoms with Crippen molar-refractivity contribution in [3.8, 4) is 17.2 Å². The van der Waals surface area contributed by atoms with Gasteiger partial charge in [-0.25, -0.2) is 0 Å². The van der Waals surface area contributed by atoms with Gasteiger partial charge in [0.15, 0.2) is 22.8 Å². The van der Waals surface area contributed by atoms with Crippen molar-refractivity contribution in [2.24, 2.45) is 17.8 Å². The molecular weight excluding hydrogens is 482 g/mol. The number of allylic oxidation sites excluding steroid dienone is 2. The molecule has 3 aliphatic heterocycles. The van der Waals surface area contributed by atoms with Crippen molar-refractivity contribution >= 4 is 17.6 Å². The van der Waals surface area contributed by atoms with Crippen LogP contribution in [0.1, 0.15) is 63.9 Å². The number of hydrogen-bond donors (Lipinski definition) is 1. The molecule has 1 N–H and O–H groups in total. The van der Waals surface area contributed by atoms with Gasteiger partial charge in [0.2, 0.25) is 0 Å². The molecule has 2 fully saturated rings. The number of phenolic OH excluding ortho intramolecular Hbond substituents is 1. The number of nitrogens with zero attached hydrogens (tertiary/aromatic N) is 1. The summed E-state index contributed by atoms with van der Waals surface area (Å²) in [6, 6.07) is 1.71. The molecule has 7 nitrogen and oxygen atoms in total. The van der Waals surface area contributed by atoms with Gasteiger partial charge in [0.1, 0.15) is 28.4 Å². The van der Waals surface area contributed by atoms with E-state index in [1.54, 1.807) is 12.1 Å². The highest BCUT2D eigenvalue weighted by Gasteiger charge is 2.79. The third kappa shape index (κ3) is 3.15. The zero-order valence-electron chi connectivity index (χ0n) is 23.1. The number of fused-ring (bicyclic) bond motifs is 2. The minimum atomic E-state index is -1.29. The molecule has 1 aromatic carbocycles. The molecule has 0 aromatic heterocycles. The molecule has 3 heterocycles. The summed E-state index contributed by atoms with van der Waals surface area (Å²) in [4.78, 5) is 30.9. The summed E-state index contributed by atoms with van der Waals surface area (Å²) < 4.78 is 19.6. The lowest BCUT2D eigenvalue weighted by molar-refractivity contribution is -0.171. The van der Waals surface area contributed by atoms with Gasteiger partial charge < -0.3 is 24.2 Å². The maximum atomic E-state index is 14.3. The fourth-order valence-electron chi connectivity index (χ4n) is 7.30. The summed E-state index contributed by atoms with van der Waals surface area (Å²) in [5.74, 6) is -0.401. The van der Waals surface area contributed by atoms with Gasteiger partial charge in [0.25, 0.3) is 0 Å². The van der Waals surface area contributed by atoms with Crippen LogP contribution in [0.5, 0.6) is 17.2 Å². The van der Waals surface area contributed by atoms with Crippen molar-refractivity contribution in [3.05, 3.63) is 46.6 Å². The smallest absolute Gasteiger partial charge is 0.200 e. The van der Waals surface area contributed by atoms with Gasteiger partial charge in [-0.1, -0.05) is 31.6 Å². The van der Waals surface area contributed by atoms with Crippen LogP contribution in [0.2, 0.25) is 0 Å². The predicted octanol–water partition coefficient (Wildman–Crippen LogP) is 4.73. The monoisotopic (exact) mass is 519 g/mol. The standard InChI is InChI=1S/C31H37NO6/c1-7-32(8-2)15-20-19-13-21-27(34)25-24(14-23-18(26(25)33)10-11-29(5,6)37-23)38-31(21)22(20)16-36-30(31,28(19)35)12-9-17(3)4/h9-11,13-14,19-20,22,33H,7-8,12,15-16H2,1-6H3/t19-,20+,22-,30?,31-/m1/s1. The van der Waals surface area contributed by atoms with Crippen LogP contribution in [0, 0.1) is 17.8 Å². The van der Waals surface area contributed by atoms with Gasteiger partial charge in [-0.3, -0.25) is 9.59 Å². The van der Waals surface area contributed by atoms with E-state index in [4.69, 9.17) is 14.2 Å². The Balaban J connectivity index is 1.56. The summed E-state index contributed by atoms with van der Waals surface area (Å²) in [7, 11) is 0. The lowest BCUT2D eigenvalue weighted by Gasteiger charge is -2.58. The Hall–Kier alpha value is -2.90. The topological polar surface area (TPSA) is 85.3 Å². The van der Waals surface area contributed by atoms with Crippen molar-refractivity contribution in [1.82, 2.24) is 4.90 Å². The first-order chi connectivity index (χ1) is 18.0. The molecule has 38 heavy (non-hydrogen) atoms. The summed E-state index contributed by atoms with van der Waals surface area (Å²) in [6.07, 6.45) is 7.83. The quantitative estimate of drug-likeness (QED) is 0.544. The maximum absolute atomic E-state index is 14.3. The van der Waals surface area contributed by atoms with E-state index in [0.29, 0.717) is 29.9 Å². The molecular formula is C31H37NO6. The SMILES string of the molecule is CCN(CC)C[C@@H]1[C@H]2COC3(CC=C(C)C)C(=O)[C@@H]1C=C1C(=O)c4c(cc5c(c4O)C=CC(C)(C)O5)O[C@]123. The molecule has 0 radical (unpaired) electrons. The molecule has 1 saturated carbocycles. The number of aromatic hydroxyl groups is 1. The molecule has 1 unspecified atom stereocenters. The normalized spacial score (nSPS) is 33.2. The Morgan fingerprint density at radius 1 is 1.16 bits per heavy atom. The minimum absolute atomic E-state index is 0.0107. The van der Waals surface area contributed by atoms with Crippen LogP contribution in [0.15, 0.2) is 35.4 Å². The second-order valence-corrected chi connectivity index (χ2v) is 12.1. The summed E-state index contributed by atoms with van der Waals surface area (Å²) >= 11 is 0. The average molecular weight is 520 g/mol. The Kier molecular flexibility index (Phi) is 5.54. The van der Waals surface area contributed by atoms with E-state index in [9.17, 15) is 14.7 Å². The molecule has 202 valence electrons. The molecule has 1 saturated heterocycles. The third-order valence-electron chi connectivity index (χ3n) is 9.25. The number of ether oxygens (including phenoxy) is 3. The number of benzene rings is 1. The van der Waals surface area contributed by atoms with E-state index < -0.39 is 22.7 Å². The van der Waals surface area contributed by atoms with Crippen LogP contribution >= 0.6 is 0 Å². The number of hydrogen-bond acceptors (Lipinski definition) is 7. The number of rotatable bonds is 6. The molecule has 3 aliphatic carbocycles. The average Bonchev–Trinajstić information content (AvgIpc) is 3.14. The van der Waals surface area contributed by atoms with Gasteiger partial charge in [-0.15, -0.1) is 0 Å². The Morgan fingerprint density at radius 3 is 2.58 bits per heavy atom. The highest BCUT2D eigenvalue weighted by Crippen LogP contribution is 2.65. The Labute approximate surface area is 224 Å². The molecule has 5 atom stereocenters. The molecule has 6 aliphatic rings. The maximum Gasteiger partial charge on any atom is 0.200 e. The number of Topliss-reactive ketones (excluding diaryl/α,β-unsaturated/α-hetero) is 2. The van der Waals surface area contributed by atoms with E-state index >= 15 is 0 Å². The van der Waals surface area contributed by atoms with Crippen LogP contribution in [-0.2, 0) is 9.53 Å². The highest BCUT2D eigenvalue weighted by atomic mass is 16.6. The third-order valence-corrected chi connectivity index (χ3v) is 9.25. The van der Waals surface area contributed by atoms with Gasteiger partial charge in [-0.2, -0.15) is 0 Å². The van der Waals surface area contributed by atoms with Crippen molar-refractivity contribution in [3.63, 3.8) is 0 Å². The summed E-state index contributed by atoms with van der Waals surface area (Å²) in [5.41, 5.74) is -1.01. The first-order valence-electron chi connectivity index (χ1n) is 13.8. The Morgan fingerprint density at radius 2 is 1.89 bits per heavy atom. The van der Waals surface area contributed by atoms with Crippen LogP contribution in [0.3, 0.4) is 0 Å². The lowest BCUT2D eigenvalue weighted by atomic mass is 9.49. The van der Waals surface area contributed by atoms with Gasteiger partial charge >= 0.3 is 0 Å². The van der Waals surface area contributed by atoms with E-state index in [2.05, 4.69) is 18.7 Å². The van der Waals surface area contributed by atoms with Crippen LogP contribution in [-0.4, -0.2) is 64.6 Å². The Bertz CT molecular complexity index is 1330. The predicted molar refractivity (Wildman–Crippen MR) is 144 cm³/mol. The fraction of sp³-hybridized carbons (Fsp3) is 0.548. The van der Waals surface area contributed by atoms with E-state index in [0.717, 1.165) is 25.2 Å². The molecule has 1 spiro atoms. The largest absolute Gasteiger partial charge is 0.506 e. The second-order valence-electron chi connectivity index (χ2n) is 12.1. The number of carbonyl (C=O) groups is 2. The number of phenols is 1. The van der Waals surface area contributed by atoms with Crippen molar-refractivity contribution < 1.29 is 28.9 Å².